The first kappa shape index (κ1) is 21.4. The van der Waals surface area contributed by atoms with Gasteiger partial charge in [-0.3, -0.25) is 19.0 Å². The molecule has 10 heteroatoms. The monoisotopic (exact) mass is 405 g/mol. The summed E-state index contributed by atoms with van der Waals surface area (Å²) in [4.78, 5) is 35.7. The quantitative estimate of drug-likeness (QED) is 0.369. The molecule has 2 aromatic rings. The van der Waals surface area contributed by atoms with Crippen LogP contribution in [0.25, 0.3) is 0 Å². The molecule has 0 saturated carbocycles. The van der Waals surface area contributed by atoms with Crippen molar-refractivity contribution in [1.82, 2.24) is 14.8 Å². The minimum absolute atomic E-state index is 0.0382. The molecule has 1 atom stereocenters. The maximum absolute atomic E-state index is 12.8. The van der Waals surface area contributed by atoms with Gasteiger partial charge in [0, 0.05) is 11.3 Å². The van der Waals surface area contributed by atoms with Crippen molar-refractivity contribution in [3.8, 4) is 0 Å². The van der Waals surface area contributed by atoms with Crippen LogP contribution in [0.3, 0.4) is 0 Å². The maximum atomic E-state index is 12.8. The molecule has 9 nitrogen and oxygen atoms in total. The molecule has 0 radical (unpaired) electrons. The molecule has 1 amide bonds. The number of aromatic nitrogens is 3. The van der Waals surface area contributed by atoms with E-state index in [4.69, 9.17) is 10.5 Å². The van der Waals surface area contributed by atoms with Gasteiger partial charge in [-0.15, -0.1) is 10.2 Å². The van der Waals surface area contributed by atoms with Crippen LogP contribution in [-0.2, 0) is 14.3 Å². The molecule has 3 N–H and O–H groups in total. The summed E-state index contributed by atoms with van der Waals surface area (Å²) in [6, 6.07) is 5.95. The highest BCUT2D eigenvalue weighted by molar-refractivity contribution is 7.99. The number of ether oxygens (including phenoxy) is 1. The van der Waals surface area contributed by atoms with Crippen molar-refractivity contribution in [3.05, 3.63) is 29.8 Å². The molecule has 150 valence electrons. The highest BCUT2D eigenvalue weighted by Crippen LogP contribution is 2.26. The first-order valence-electron chi connectivity index (χ1n) is 8.78. The Balaban J connectivity index is 2.15. The lowest BCUT2D eigenvalue weighted by Gasteiger charge is -2.19. The second kappa shape index (κ2) is 9.88. The highest BCUT2D eigenvalue weighted by atomic mass is 32.2. The minimum Gasteiger partial charge on any atom is -0.465 e. The second-order valence-corrected chi connectivity index (χ2v) is 6.79. The molecular formula is C18H23N5O4S. The molecule has 28 heavy (non-hydrogen) atoms. The number of thioether (sulfide) groups is 1. The molecule has 0 fully saturated rings. The number of esters is 1. The van der Waals surface area contributed by atoms with Gasteiger partial charge in [0.25, 0.3) is 0 Å². The number of carbonyl (C=O) groups excluding carboxylic acids is 3. The number of carbonyl (C=O) groups is 3. The number of Topliss-reactive ketones (excluding diaryl/α,β-unsaturated/α-hetero) is 1. The fourth-order valence-corrected chi connectivity index (χ4v) is 3.29. The van der Waals surface area contributed by atoms with Crippen LogP contribution in [0.2, 0.25) is 0 Å². The van der Waals surface area contributed by atoms with Crippen LogP contribution in [0.4, 0.5) is 11.6 Å². The number of nitrogens with one attached hydrogen (secondary N) is 1. The van der Waals surface area contributed by atoms with Gasteiger partial charge in [0.05, 0.1) is 12.4 Å². The summed E-state index contributed by atoms with van der Waals surface area (Å²) in [5, 5.41) is 11.0. The Morgan fingerprint density at radius 1 is 1.21 bits per heavy atom. The lowest BCUT2D eigenvalue weighted by Crippen LogP contribution is -2.27. The Morgan fingerprint density at radius 2 is 1.89 bits per heavy atom. The van der Waals surface area contributed by atoms with E-state index in [1.807, 2.05) is 6.92 Å². The molecule has 0 saturated heterocycles. The summed E-state index contributed by atoms with van der Waals surface area (Å²) in [5.41, 5.74) is 7.03. The summed E-state index contributed by atoms with van der Waals surface area (Å²) < 4.78 is 6.40. The predicted octanol–water partition coefficient (Wildman–Crippen LogP) is 2.31. The molecule has 0 aliphatic carbocycles. The van der Waals surface area contributed by atoms with Gasteiger partial charge in [-0.1, -0.05) is 18.7 Å². The van der Waals surface area contributed by atoms with Crippen LogP contribution in [0.1, 0.15) is 43.6 Å². The molecule has 0 bridgehead atoms. The highest BCUT2D eigenvalue weighted by Gasteiger charge is 2.25. The van der Waals surface area contributed by atoms with E-state index in [-0.39, 0.29) is 36.0 Å². The van der Waals surface area contributed by atoms with Gasteiger partial charge in [0.2, 0.25) is 11.9 Å². The molecule has 2 rings (SSSR count). The molecule has 1 aromatic carbocycles. The Morgan fingerprint density at radius 3 is 2.46 bits per heavy atom. The Hall–Kier alpha value is -2.88. The predicted molar refractivity (Wildman–Crippen MR) is 106 cm³/mol. The number of amides is 1. The minimum atomic E-state index is -0.660. The van der Waals surface area contributed by atoms with Crippen molar-refractivity contribution in [2.45, 2.75) is 38.4 Å². The third-order valence-electron chi connectivity index (χ3n) is 3.88. The SMILES string of the molecule is CCOC(=O)CSc1nnc(N)n1C(CC)C(=O)Nc1ccc(C(C)=O)cc1. The van der Waals surface area contributed by atoms with E-state index in [1.54, 1.807) is 31.2 Å². The van der Waals surface area contributed by atoms with Crippen molar-refractivity contribution < 1.29 is 19.1 Å². The van der Waals surface area contributed by atoms with Crippen molar-refractivity contribution in [3.63, 3.8) is 0 Å². The second-order valence-electron chi connectivity index (χ2n) is 5.85. The largest absolute Gasteiger partial charge is 0.465 e. The van der Waals surface area contributed by atoms with E-state index in [2.05, 4.69) is 15.5 Å². The van der Waals surface area contributed by atoms with Gasteiger partial charge in [-0.25, -0.2) is 0 Å². The van der Waals surface area contributed by atoms with Crippen LogP contribution in [0, 0.1) is 0 Å². The average Bonchev–Trinajstić information content (AvgIpc) is 3.02. The number of nitrogens with zero attached hydrogens (tertiary/aromatic N) is 3. The Kier molecular flexibility index (Phi) is 7.56. The first-order valence-corrected chi connectivity index (χ1v) is 9.76. The Bertz CT molecular complexity index is 850. The third kappa shape index (κ3) is 5.32. The van der Waals surface area contributed by atoms with Crippen LogP contribution < -0.4 is 11.1 Å². The van der Waals surface area contributed by atoms with Gasteiger partial charge < -0.3 is 15.8 Å². The number of nitrogens with two attached hydrogens (primary N) is 1. The van der Waals surface area contributed by atoms with E-state index in [9.17, 15) is 14.4 Å². The van der Waals surface area contributed by atoms with Crippen LogP contribution in [0.15, 0.2) is 29.4 Å². The van der Waals surface area contributed by atoms with Crippen molar-refractivity contribution in [2.75, 3.05) is 23.4 Å². The summed E-state index contributed by atoms with van der Waals surface area (Å²) in [6.07, 6.45) is 0.437. The molecule has 0 aliphatic rings. The normalized spacial score (nSPS) is 11.7. The number of hydrogen-bond acceptors (Lipinski definition) is 8. The topological polar surface area (TPSA) is 129 Å². The smallest absolute Gasteiger partial charge is 0.316 e. The van der Waals surface area contributed by atoms with Crippen LogP contribution >= 0.6 is 11.8 Å². The summed E-state index contributed by atoms with van der Waals surface area (Å²) >= 11 is 1.11. The molecular weight excluding hydrogens is 382 g/mol. The standard InChI is InChI=1S/C18H23N5O4S/c1-4-14(16(26)20-13-8-6-12(7-9-13)11(3)24)23-17(19)21-22-18(23)28-10-15(25)27-5-2/h6-9,14H,4-5,10H2,1-3H3,(H2,19,21)(H,20,26). The number of benzene rings is 1. The zero-order chi connectivity index (χ0) is 20.7. The maximum Gasteiger partial charge on any atom is 0.316 e. The number of nitrogen functional groups attached to an aromatic ring is 1. The fraction of sp³-hybridized carbons (Fsp3) is 0.389. The van der Waals surface area contributed by atoms with Gasteiger partial charge in [0.15, 0.2) is 10.9 Å². The fourth-order valence-electron chi connectivity index (χ4n) is 2.50. The van der Waals surface area contributed by atoms with E-state index in [0.29, 0.717) is 22.8 Å². The van der Waals surface area contributed by atoms with Crippen molar-refractivity contribution >= 4 is 41.1 Å². The van der Waals surface area contributed by atoms with E-state index >= 15 is 0 Å². The summed E-state index contributed by atoms with van der Waals surface area (Å²) in [6.45, 7) is 5.33. The van der Waals surface area contributed by atoms with Crippen LogP contribution in [-0.4, -0.2) is 44.8 Å². The van der Waals surface area contributed by atoms with Crippen molar-refractivity contribution in [1.29, 1.82) is 0 Å². The lowest BCUT2D eigenvalue weighted by atomic mass is 10.1. The van der Waals surface area contributed by atoms with Crippen LogP contribution in [0.5, 0.6) is 0 Å². The molecule has 1 unspecified atom stereocenters. The summed E-state index contributed by atoms with van der Waals surface area (Å²) in [7, 11) is 0. The zero-order valence-corrected chi connectivity index (χ0v) is 16.8. The van der Waals surface area contributed by atoms with Gasteiger partial charge in [-0.2, -0.15) is 0 Å². The molecule has 1 heterocycles. The number of anilines is 2. The third-order valence-corrected chi connectivity index (χ3v) is 4.79. The molecule has 1 aromatic heterocycles. The van der Waals surface area contributed by atoms with E-state index < -0.39 is 6.04 Å². The van der Waals surface area contributed by atoms with E-state index in [0.717, 1.165) is 11.8 Å². The first-order chi connectivity index (χ1) is 13.4. The van der Waals surface area contributed by atoms with Gasteiger partial charge in [0.1, 0.15) is 6.04 Å². The number of rotatable bonds is 9. The van der Waals surface area contributed by atoms with Crippen molar-refractivity contribution in [2.24, 2.45) is 0 Å². The summed E-state index contributed by atoms with van der Waals surface area (Å²) in [5.74, 6) is -0.618. The van der Waals surface area contributed by atoms with Gasteiger partial charge >= 0.3 is 5.97 Å². The number of ketones is 1. The average molecular weight is 405 g/mol. The lowest BCUT2D eigenvalue weighted by molar-refractivity contribution is -0.139. The zero-order valence-electron chi connectivity index (χ0n) is 16.0. The Labute approximate surface area is 167 Å². The molecule has 0 spiro atoms. The number of hydrogen-bond donors (Lipinski definition) is 2. The van der Waals surface area contributed by atoms with Gasteiger partial charge in [-0.05, 0) is 44.5 Å². The molecule has 0 aliphatic heterocycles. The van der Waals surface area contributed by atoms with E-state index in [1.165, 1.54) is 11.5 Å².